The summed E-state index contributed by atoms with van der Waals surface area (Å²) in [5.41, 5.74) is 1.80. The van der Waals surface area contributed by atoms with Gasteiger partial charge in [0.1, 0.15) is 23.4 Å². The van der Waals surface area contributed by atoms with Crippen molar-refractivity contribution in [1.82, 2.24) is 39.7 Å². The Kier molecular flexibility index (Phi) is 5.72. The van der Waals surface area contributed by atoms with Gasteiger partial charge in [-0.1, -0.05) is 18.2 Å². The molecule has 2 atom stereocenters. The molecule has 0 N–H and O–H groups in total. The van der Waals surface area contributed by atoms with Crippen LogP contribution in [-0.2, 0) is 11.2 Å². The van der Waals surface area contributed by atoms with Gasteiger partial charge in [-0.3, -0.25) is 9.20 Å². The second-order valence-electron chi connectivity index (χ2n) is 8.35. The fraction of sp³-hybridized carbons (Fsp3) is 0.391. The highest BCUT2D eigenvalue weighted by Crippen LogP contribution is 2.29. The number of piperidine rings is 1. The van der Waals surface area contributed by atoms with Crippen molar-refractivity contribution in [2.24, 2.45) is 0 Å². The number of hydrogen-bond donors (Lipinski definition) is 0. The number of pyridine rings is 1. The highest BCUT2D eigenvalue weighted by Gasteiger charge is 2.33. The minimum Gasteiger partial charge on any atom is -0.497 e. The number of ether oxygens (including phenoxy) is 1. The predicted molar refractivity (Wildman–Crippen MR) is 120 cm³/mol. The Morgan fingerprint density at radius 3 is 2.91 bits per heavy atom. The molecule has 0 unspecified atom stereocenters. The Balaban J connectivity index is 1.41. The van der Waals surface area contributed by atoms with E-state index in [1.165, 1.54) is 0 Å². The summed E-state index contributed by atoms with van der Waals surface area (Å²) in [6.45, 7) is 3.10. The summed E-state index contributed by atoms with van der Waals surface area (Å²) in [5.74, 6) is 2.38. The van der Waals surface area contributed by atoms with E-state index >= 15 is 0 Å². The van der Waals surface area contributed by atoms with Gasteiger partial charge < -0.3 is 9.64 Å². The van der Waals surface area contributed by atoms with Crippen LogP contribution >= 0.6 is 0 Å². The molecule has 10 nitrogen and oxygen atoms in total. The summed E-state index contributed by atoms with van der Waals surface area (Å²) >= 11 is 0. The van der Waals surface area contributed by atoms with Crippen LogP contribution in [0.1, 0.15) is 42.0 Å². The normalized spacial score (nSPS) is 17.3. The number of carbonyl (C=O) groups is 1. The number of carbonyl (C=O) groups excluding carboxylic acids is 1. The summed E-state index contributed by atoms with van der Waals surface area (Å²) in [7, 11) is 1.63. The fourth-order valence-corrected chi connectivity index (χ4v) is 4.56. The summed E-state index contributed by atoms with van der Waals surface area (Å²) in [4.78, 5) is 15.7. The zero-order valence-corrected chi connectivity index (χ0v) is 18.7. The minimum atomic E-state index is -0.541. The summed E-state index contributed by atoms with van der Waals surface area (Å²) < 4.78 is 9.00. The monoisotopic (exact) mass is 446 g/mol. The lowest BCUT2D eigenvalue weighted by atomic mass is 9.95. The van der Waals surface area contributed by atoms with Crippen LogP contribution in [0, 0.1) is 6.92 Å². The van der Waals surface area contributed by atoms with Crippen LogP contribution in [0.2, 0.25) is 0 Å². The van der Waals surface area contributed by atoms with Gasteiger partial charge in [0.25, 0.3) is 0 Å². The third-order valence-electron chi connectivity index (χ3n) is 6.24. The number of tetrazole rings is 1. The first-order valence-corrected chi connectivity index (χ1v) is 11.1. The van der Waals surface area contributed by atoms with Gasteiger partial charge in [0.15, 0.2) is 5.65 Å². The van der Waals surface area contributed by atoms with Crippen molar-refractivity contribution in [2.45, 2.75) is 38.1 Å². The molecule has 1 saturated heterocycles. The molecule has 33 heavy (non-hydrogen) atoms. The van der Waals surface area contributed by atoms with Gasteiger partial charge in [0.2, 0.25) is 5.91 Å². The SMILES string of the molecule is COc1cccc(C[C@H](C(=O)N2CCC[C@H](c3nnc4ccccn34)C2)n2nnnc2C)c1. The van der Waals surface area contributed by atoms with Crippen molar-refractivity contribution < 1.29 is 9.53 Å². The molecule has 1 fully saturated rings. The molecule has 0 saturated carbocycles. The van der Waals surface area contributed by atoms with Crippen LogP contribution in [0.15, 0.2) is 48.7 Å². The lowest BCUT2D eigenvalue weighted by Crippen LogP contribution is -2.44. The van der Waals surface area contributed by atoms with Crippen molar-refractivity contribution in [2.75, 3.05) is 20.2 Å². The second kappa shape index (κ2) is 8.97. The third kappa shape index (κ3) is 4.15. The smallest absolute Gasteiger partial charge is 0.247 e. The highest BCUT2D eigenvalue weighted by atomic mass is 16.5. The molecule has 0 spiro atoms. The van der Waals surface area contributed by atoms with Crippen LogP contribution < -0.4 is 4.74 Å². The summed E-state index contributed by atoms with van der Waals surface area (Å²) in [5, 5.41) is 20.6. The Morgan fingerprint density at radius 2 is 2.09 bits per heavy atom. The molecule has 1 aromatic carbocycles. The predicted octanol–water partition coefficient (Wildman–Crippen LogP) is 2.22. The average molecular weight is 447 g/mol. The van der Waals surface area contributed by atoms with E-state index < -0.39 is 6.04 Å². The molecule has 4 heterocycles. The van der Waals surface area contributed by atoms with Crippen molar-refractivity contribution in [3.63, 3.8) is 0 Å². The quantitative estimate of drug-likeness (QED) is 0.447. The first-order chi connectivity index (χ1) is 16.1. The number of nitrogens with zero attached hydrogens (tertiary/aromatic N) is 8. The number of benzene rings is 1. The van der Waals surface area contributed by atoms with Crippen LogP contribution in [-0.4, -0.2) is 65.8 Å². The molecular weight excluding hydrogens is 420 g/mol. The van der Waals surface area contributed by atoms with Crippen molar-refractivity contribution in [1.29, 1.82) is 0 Å². The number of amides is 1. The zero-order valence-electron chi connectivity index (χ0n) is 18.7. The highest BCUT2D eigenvalue weighted by molar-refractivity contribution is 5.81. The van der Waals surface area contributed by atoms with Gasteiger partial charge in [-0.2, -0.15) is 0 Å². The van der Waals surface area contributed by atoms with E-state index in [9.17, 15) is 4.79 Å². The van der Waals surface area contributed by atoms with Gasteiger partial charge >= 0.3 is 0 Å². The van der Waals surface area contributed by atoms with Crippen molar-refractivity contribution >= 4 is 11.6 Å². The molecule has 3 aromatic heterocycles. The molecule has 0 aliphatic carbocycles. The van der Waals surface area contributed by atoms with E-state index in [-0.39, 0.29) is 11.8 Å². The molecule has 1 aliphatic heterocycles. The van der Waals surface area contributed by atoms with E-state index in [2.05, 4.69) is 25.7 Å². The molecule has 0 bridgehead atoms. The number of rotatable bonds is 6. The van der Waals surface area contributed by atoms with E-state index in [1.54, 1.807) is 11.8 Å². The minimum absolute atomic E-state index is 0.00624. The lowest BCUT2D eigenvalue weighted by Gasteiger charge is -2.34. The Labute approximate surface area is 191 Å². The molecule has 1 aliphatic rings. The maximum atomic E-state index is 13.8. The van der Waals surface area contributed by atoms with E-state index in [0.717, 1.165) is 35.6 Å². The number of aryl methyl sites for hydroxylation is 1. The molecular formula is C23H26N8O2. The van der Waals surface area contributed by atoms with Gasteiger partial charge in [-0.25, -0.2) is 4.68 Å². The molecule has 5 rings (SSSR count). The number of methoxy groups -OCH3 is 1. The van der Waals surface area contributed by atoms with Gasteiger partial charge in [0.05, 0.1) is 7.11 Å². The maximum Gasteiger partial charge on any atom is 0.247 e. The van der Waals surface area contributed by atoms with Crippen LogP contribution in [0.5, 0.6) is 5.75 Å². The summed E-state index contributed by atoms with van der Waals surface area (Å²) in [6, 6.07) is 13.1. The maximum absolute atomic E-state index is 13.8. The van der Waals surface area contributed by atoms with Crippen molar-refractivity contribution in [3.05, 3.63) is 65.9 Å². The largest absolute Gasteiger partial charge is 0.497 e. The molecule has 0 radical (unpaired) electrons. The van der Waals surface area contributed by atoms with Gasteiger partial charge in [0, 0.05) is 31.6 Å². The first kappa shape index (κ1) is 21.0. The topological polar surface area (TPSA) is 103 Å². The number of hydrogen-bond acceptors (Lipinski definition) is 7. The molecule has 170 valence electrons. The molecule has 10 heteroatoms. The van der Waals surface area contributed by atoms with Gasteiger partial charge in [-0.05, 0) is 60.0 Å². The van der Waals surface area contributed by atoms with Crippen LogP contribution in [0.4, 0.5) is 0 Å². The van der Waals surface area contributed by atoms with E-state index in [0.29, 0.717) is 25.3 Å². The number of fused-ring (bicyclic) bond motifs is 1. The Bertz CT molecular complexity index is 1270. The lowest BCUT2D eigenvalue weighted by molar-refractivity contribution is -0.136. The molecule has 4 aromatic rings. The number of aromatic nitrogens is 7. The van der Waals surface area contributed by atoms with Crippen molar-refractivity contribution in [3.8, 4) is 5.75 Å². The van der Waals surface area contributed by atoms with E-state index in [1.807, 2.05) is 64.9 Å². The fourth-order valence-electron chi connectivity index (χ4n) is 4.56. The number of likely N-dealkylation sites (tertiary alicyclic amines) is 1. The molecule has 1 amide bonds. The van der Waals surface area contributed by atoms with Gasteiger partial charge in [-0.15, -0.1) is 15.3 Å². The second-order valence-corrected chi connectivity index (χ2v) is 8.35. The van der Waals surface area contributed by atoms with Crippen LogP contribution in [0.25, 0.3) is 5.65 Å². The average Bonchev–Trinajstić information content (AvgIpc) is 3.48. The Morgan fingerprint density at radius 1 is 1.18 bits per heavy atom. The van der Waals surface area contributed by atoms with Crippen LogP contribution in [0.3, 0.4) is 0 Å². The first-order valence-electron chi connectivity index (χ1n) is 11.1. The third-order valence-corrected chi connectivity index (χ3v) is 6.24. The Hall–Kier alpha value is -3.82. The standard InChI is InChI=1S/C23H26N8O2/c1-16-24-27-28-31(16)20(14-17-7-5-9-19(13-17)33-2)23(32)29-11-6-8-18(15-29)22-26-25-21-10-3-4-12-30(21)22/h3-5,7,9-10,12-13,18,20H,6,8,11,14-15H2,1-2H3/t18-,20+/m0/s1. The van der Waals surface area contributed by atoms with E-state index in [4.69, 9.17) is 4.74 Å². The zero-order chi connectivity index (χ0) is 22.8. The summed E-state index contributed by atoms with van der Waals surface area (Å²) in [6.07, 6.45) is 4.31.